The highest BCUT2D eigenvalue weighted by atomic mass is 19.4. The minimum atomic E-state index is -4.40. The minimum Gasteiger partial charge on any atom is -0.504 e. The highest BCUT2D eigenvalue weighted by molar-refractivity contribution is 5.94. The Hall–Kier alpha value is -3.49. The summed E-state index contributed by atoms with van der Waals surface area (Å²) in [5.74, 6) is -0.770. The average Bonchev–Trinajstić information content (AvgIpc) is 3.07. The Morgan fingerprint density at radius 1 is 1.11 bits per heavy atom. The van der Waals surface area contributed by atoms with Crippen molar-refractivity contribution >= 4 is 5.91 Å². The van der Waals surface area contributed by atoms with Gasteiger partial charge < -0.3 is 15.2 Å². The summed E-state index contributed by atoms with van der Waals surface area (Å²) in [5, 5.41) is 16.7. The van der Waals surface area contributed by atoms with E-state index >= 15 is 0 Å². The Bertz CT molecular complexity index is 939. The lowest BCUT2D eigenvalue weighted by Gasteiger charge is -2.10. The van der Waals surface area contributed by atoms with Crippen molar-refractivity contribution in [3.8, 4) is 17.2 Å². The van der Waals surface area contributed by atoms with Gasteiger partial charge in [-0.1, -0.05) is 30.3 Å². The molecular formula is C19H16F3N3O3. The molecular weight excluding hydrogens is 375 g/mol. The Balaban J connectivity index is 1.59. The molecule has 1 amide bonds. The van der Waals surface area contributed by atoms with Crippen LogP contribution in [0.25, 0.3) is 5.69 Å². The van der Waals surface area contributed by atoms with E-state index in [0.29, 0.717) is 11.3 Å². The van der Waals surface area contributed by atoms with Gasteiger partial charge in [-0.25, -0.2) is 4.68 Å². The van der Waals surface area contributed by atoms with Crippen molar-refractivity contribution in [2.24, 2.45) is 0 Å². The predicted octanol–water partition coefficient (Wildman–Crippen LogP) is 3.45. The lowest BCUT2D eigenvalue weighted by atomic mass is 10.2. The number of halogens is 3. The van der Waals surface area contributed by atoms with Gasteiger partial charge in [0.05, 0.1) is 11.9 Å². The first kappa shape index (κ1) is 19.3. The molecule has 0 aliphatic rings. The van der Waals surface area contributed by atoms with Gasteiger partial charge in [-0.2, -0.15) is 18.3 Å². The van der Waals surface area contributed by atoms with Gasteiger partial charge in [0.1, 0.15) is 5.75 Å². The molecule has 0 aliphatic heterocycles. The molecule has 0 atom stereocenters. The number of nitrogens with one attached hydrogen (secondary N) is 1. The van der Waals surface area contributed by atoms with Crippen LogP contribution in [0, 0.1) is 0 Å². The molecule has 2 aromatic carbocycles. The van der Waals surface area contributed by atoms with Crippen LogP contribution in [0.3, 0.4) is 0 Å². The Kier molecular flexibility index (Phi) is 5.53. The maximum atomic E-state index is 12.3. The van der Waals surface area contributed by atoms with Crippen LogP contribution < -0.4 is 10.1 Å². The van der Waals surface area contributed by atoms with Crippen LogP contribution in [0.15, 0.2) is 60.8 Å². The topological polar surface area (TPSA) is 76.4 Å². The van der Waals surface area contributed by atoms with Gasteiger partial charge in [0.2, 0.25) is 0 Å². The van der Waals surface area contributed by atoms with Gasteiger partial charge in [0, 0.05) is 6.54 Å². The van der Waals surface area contributed by atoms with E-state index in [-0.39, 0.29) is 23.7 Å². The summed E-state index contributed by atoms with van der Waals surface area (Å²) in [6, 6.07) is 14.8. The standard InChI is InChI=1S/C19H16F3N3O3/c20-19(21,22)12-28-15-8-6-13(7-9-15)10-23-18(27)17-16(26)11-25(24-17)14-4-2-1-3-5-14/h1-9,11,26H,10,12H2,(H,23,27). The van der Waals surface area contributed by atoms with Crippen molar-refractivity contribution in [3.05, 3.63) is 72.1 Å². The van der Waals surface area contributed by atoms with Crippen LogP contribution in [-0.4, -0.2) is 33.6 Å². The number of hydrogen-bond acceptors (Lipinski definition) is 4. The van der Waals surface area contributed by atoms with Crippen LogP contribution >= 0.6 is 0 Å². The molecule has 0 saturated carbocycles. The van der Waals surface area contributed by atoms with Gasteiger partial charge >= 0.3 is 6.18 Å². The molecule has 28 heavy (non-hydrogen) atoms. The first-order valence-corrected chi connectivity index (χ1v) is 8.22. The summed E-state index contributed by atoms with van der Waals surface area (Å²) < 4.78 is 42.4. The van der Waals surface area contributed by atoms with Gasteiger partial charge in [-0.05, 0) is 29.8 Å². The molecule has 0 bridgehead atoms. The molecule has 0 saturated heterocycles. The molecule has 0 unspecified atom stereocenters. The van der Waals surface area contributed by atoms with E-state index in [1.54, 1.807) is 24.3 Å². The number of nitrogens with zero attached hydrogens (tertiary/aromatic N) is 2. The Morgan fingerprint density at radius 2 is 1.79 bits per heavy atom. The van der Waals surface area contributed by atoms with Crippen molar-refractivity contribution in [2.75, 3.05) is 6.61 Å². The second kappa shape index (κ2) is 8.03. The number of rotatable bonds is 6. The van der Waals surface area contributed by atoms with Crippen molar-refractivity contribution in [3.63, 3.8) is 0 Å². The Labute approximate surface area is 158 Å². The lowest BCUT2D eigenvalue weighted by Crippen LogP contribution is -2.23. The minimum absolute atomic E-state index is 0.0756. The molecule has 2 N–H and O–H groups in total. The van der Waals surface area contributed by atoms with Gasteiger partial charge in [-0.3, -0.25) is 4.79 Å². The molecule has 9 heteroatoms. The molecule has 146 valence electrons. The lowest BCUT2D eigenvalue weighted by molar-refractivity contribution is -0.153. The number of ether oxygens (including phenoxy) is 1. The molecule has 3 rings (SSSR count). The van der Waals surface area contributed by atoms with E-state index in [9.17, 15) is 23.1 Å². The summed E-state index contributed by atoms with van der Waals surface area (Å²) in [4.78, 5) is 12.3. The molecule has 3 aromatic rings. The van der Waals surface area contributed by atoms with Crippen LogP contribution in [0.5, 0.6) is 11.5 Å². The van der Waals surface area contributed by atoms with Crippen LogP contribution in [-0.2, 0) is 6.54 Å². The third kappa shape index (κ3) is 5.03. The third-order valence-electron chi connectivity index (χ3n) is 3.71. The average molecular weight is 391 g/mol. The van der Waals surface area contributed by atoms with E-state index < -0.39 is 18.7 Å². The van der Waals surface area contributed by atoms with E-state index in [1.165, 1.54) is 35.1 Å². The number of carbonyl (C=O) groups excluding carboxylic acids is 1. The molecule has 0 radical (unpaired) electrons. The third-order valence-corrected chi connectivity index (χ3v) is 3.71. The van der Waals surface area contributed by atoms with Gasteiger partial charge in [-0.15, -0.1) is 0 Å². The monoisotopic (exact) mass is 391 g/mol. The second-order valence-electron chi connectivity index (χ2n) is 5.87. The number of aromatic nitrogens is 2. The summed E-state index contributed by atoms with van der Waals surface area (Å²) in [5.41, 5.74) is 1.20. The van der Waals surface area contributed by atoms with E-state index in [2.05, 4.69) is 15.2 Å². The van der Waals surface area contributed by atoms with E-state index in [4.69, 9.17) is 0 Å². The zero-order valence-corrected chi connectivity index (χ0v) is 14.5. The number of carbonyl (C=O) groups is 1. The fraction of sp³-hybridized carbons (Fsp3) is 0.158. The predicted molar refractivity (Wildman–Crippen MR) is 94.4 cm³/mol. The number of aromatic hydroxyl groups is 1. The van der Waals surface area contributed by atoms with Crippen molar-refractivity contribution in [1.82, 2.24) is 15.1 Å². The summed E-state index contributed by atoms with van der Waals surface area (Å²) in [6.07, 6.45) is -3.07. The molecule has 1 aromatic heterocycles. The second-order valence-corrected chi connectivity index (χ2v) is 5.87. The SMILES string of the molecule is O=C(NCc1ccc(OCC(F)(F)F)cc1)c1nn(-c2ccccc2)cc1O. The Morgan fingerprint density at radius 3 is 2.43 bits per heavy atom. The van der Waals surface area contributed by atoms with Crippen molar-refractivity contribution in [1.29, 1.82) is 0 Å². The summed E-state index contributed by atoms with van der Waals surface area (Å²) in [7, 11) is 0. The van der Waals surface area contributed by atoms with Crippen molar-refractivity contribution in [2.45, 2.75) is 12.7 Å². The first-order chi connectivity index (χ1) is 13.3. The normalized spacial score (nSPS) is 11.2. The van der Waals surface area contributed by atoms with E-state index in [1.807, 2.05) is 6.07 Å². The number of benzene rings is 2. The number of amides is 1. The first-order valence-electron chi connectivity index (χ1n) is 8.22. The molecule has 1 heterocycles. The zero-order valence-electron chi connectivity index (χ0n) is 14.5. The molecule has 6 nitrogen and oxygen atoms in total. The van der Waals surface area contributed by atoms with Gasteiger partial charge in [0.15, 0.2) is 18.1 Å². The summed E-state index contributed by atoms with van der Waals surface area (Å²) in [6.45, 7) is -1.26. The fourth-order valence-corrected chi connectivity index (χ4v) is 2.37. The largest absolute Gasteiger partial charge is 0.504 e. The molecule has 0 aliphatic carbocycles. The van der Waals surface area contributed by atoms with E-state index in [0.717, 1.165) is 0 Å². The number of alkyl halides is 3. The maximum absolute atomic E-state index is 12.3. The zero-order chi connectivity index (χ0) is 20.1. The van der Waals surface area contributed by atoms with Crippen LogP contribution in [0.1, 0.15) is 16.1 Å². The quantitative estimate of drug-likeness (QED) is 0.675. The smallest absolute Gasteiger partial charge is 0.422 e. The van der Waals surface area contributed by atoms with Crippen molar-refractivity contribution < 1.29 is 27.8 Å². The fourth-order valence-electron chi connectivity index (χ4n) is 2.37. The number of hydrogen-bond donors (Lipinski definition) is 2. The highest BCUT2D eigenvalue weighted by Crippen LogP contribution is 2.20. The maximum Gasteiger partial charge on any atom is 0.422 e. The molecule has 0 fully saturated rings. The van der Waals surface area contributed by atoms with Crippen LogP contribution in [0.2, 0.25) is 0 Å². The van der Waals surface area contributed by atoms with Crippen LogP contribution in [0.4, 0.5) is 13.2 Å². The summed E-state index contributed by atoms with van der Waals surface area (Å²) >= 11 is 0. The van der Waals surface area contributed by atoms with Gasteiger partial charge in [0.25, 0.3) is 5.91 Å². The number of para-hydroxylation sites is 1. The highest BCUT2D eigenvalue weighted by Gasteiger charge is 2.28. The molecule has 0 spiro atoms.